The lowest BCUT2D eigenvalue weighted by molar-refractivity contribution is -0.118. The molecule has 3 aromatic carbocycles. The minimum atomic E-state index is -0.685. The van der Waals surface area contributed by atoms with Crippen molar-refractivity contribution < 1.29 is 23.5 Å². The maximum Gasteiger partial charge on any atom is 0.248 e. The van der Waals surface area contributed by atoms with Crippen molar-refractivity contribution in [3.8, 4) is 22.6 Å². The molecule has 1 aliphatic heterocycles. The zero-order chi connectivity index (χ0) is 28.9. The summed E-state index contributed by atoms with van der Waals surface area (Å²) in [5, 5.41) is 5.05. The molecular formula is C31H30ClFN4O4. The first kappa shape index (κ1) is 28.2. The summed E-state index contributed by atoms with van der Waals surface area (Å²) >= 11 is 6.17. The third-order valence-corrected chi connectivity index (χ3v) is 7.39. The van der Waals surface area contributed by atoms with Crippen LogP contribution in [0.5, 0.6) is 11.5 Å². The van der Waals surface area contributed by atoms with Crippen molar-refractivity contribution in [2.75, 3.05) is 24.7 Å². The van der Waals surface area contributed by atoms with Crippen molar-refractivity contribution >= 4 is 29.1 Å². The fourth-order valence-corrected chi connectivity index (χ4v) is 4.94. The van der Waals surface area contributed by atoms with Crippen molar-refractivity contribution in [3.63, 3.8) is 0 Å². The van der Waals surface area contributed by atoms with Crippen LogP contribution in [0.25, 0.3) is 11.1 Å². The molecule has 0 saturated heterocycles. The molecule has 2 heterocycles. The van der Waals surface area contributed by atoms with E-state index in [0.717, 1.165) is 22.8 Å². The summed E-state index contributed by atoms with van der Waals surface area (Å²) in [5.74, 6) is 0.105. The van der Waals surface area contributed by atoms with Crippen LogP contribution in [0.4, 0.5) is 10.1 Å². The molecule has 0 atom stereocenters. The Hall–Kier alpha value is -4.37. The highest BCUT2D eigenvalue weighted by molar-refractivity contribution is 6.31. The van der Waals surface area contributed by atoms with Gasteiger partial charge in [0.2, 0.25) is 11.8 Å². The number of hydrogen-bond donors (Lipinski definition) is 1. The molecule has 0 unspecified atom stereocenters. The molecule has 4 aromatic rings. The lowest BCUT2D eigenvalue weighted by Crippen LogP contribution is -2.31. The molecule has 1 aromatic heterocycles. The number of nitrogens with zero attached hydrogens (tertiary/aromatic N) is 3. The number of para-hydroxylation sites is 1. The summed E-state index contributed by atoms with van der Waals surface area (Å²) in [7, 11) is 0. The van der Waals surface area contributed by atoms with Gasteiger partial charge in [0, 0.05) is 52.0 Å². The highest BCUT2D eigenvalue weighted by atomic mass is 35.5. The van der Waals surface area contributed by atoms with Gasteiger partial charge in [-0.2, -0.15) is 5.10 Å². The van der Waals surface area contributed by atoms with Crippen LogP contribution >= 0.6 is 11.6 Å². The molecule has 41 heavy (non-hydrogen) atoms. The van der Waals surface area contributed by atoms with Gasteiger partial charge in [-0.1, -0.05) is 35.9 Å². The Morgan fingerprint density at radius 1 is 1.17 bits per heavy atom. The Kier molecular flexibility index (Phi) is 8.54. The molecule has 2 amide bonds. The maximum atomic E-state index is 14.5. The van der Waals surface area contributed by atoms with Gasteiger partial charge in [-0.15, -0.1) is 0 Å². The summed E-state index contributed by atoms with van der Waals surface area (Å²) in [6.45, 7) is 3.48. The van der Waals surface area contributed by atoms with Crippen LogP contribution in [0.2, 0.25) is 5.02 Å². The summed E-state index contributed by atoms with van der Waals surface area (Å²) in [5.41, 5.74) is 8.87. The standard InChI is InChI=1S/C31H30ClFN4O4/c1-20-25(32)7-3-9-28(20)40-14-4-10-29(38)37-13-5-15-41-30-24(6-2-8-27(30)37)23-17-35-36(19-23)18-22-12-11-21(31(34)39)16-26(22)33/h2-3,6-9,11-12,16-17,19H,4-5,10,13-15,18H2,1H3,(H2,34,39). The van der Waals surface area contributed by atoms with E-state index < -0.39 is 11.7 Å². The first-order chi connectivity index (χ1) is 19.8. The van der Waals surface area contributed by atoms with E-state index in [-0.39, 0.29) is 18.0 Å². The van der Waals surface area contributed by atoms with Gasteiger partial charge in [-0.3, -0.25) is 14.3 Å². The lowest BCUT2D eigenvalue weighted by Gasteiger charge is -2.23. The van der Waals surface area contributed by atoms with E-state index in [1.54, 1.807) is 22.0 Å². The van der Waals surface area contributed by atoms with E-state index in [2.05, 4.69) is 5.10 Å². The fraction of sp³-hybridized carbons (Fsp3) is 0.258. The monoisotopic (exact) mass is 576 g/mol. The van der Waals surface area contributed by atoms with Crippen molar-refractivity contribution in [2.24, 2.45) is 5.73 Å². The molecule has 0 saturated carbocycles. The number of anilines is 1. The molecule has 0 bridgehead atoms. The number of hydrogen-bond acceptors (Lipinski definition) is 5. The van der Waals surface area contributed by atoms with E-state index in [0.29, 0.717) is 66.8 Å². The predicted octanol–water partition coefficient (Wildman–Crippen LogP) is 5.77. The van der Waals surface area contributed by atoms with Gasteiger partial charge >= 0.3 is 0 Å². The van der Waals surface area contributed by atoms with Crippen LogP contribution in [0.15, 0.2) is 67.0 Å². The van der Waals surface area contributed by atoms with Crippen LogP contribution in [-0.2, 0) is 11.3 Å². The number of carbonyl (C=O) groups excluding carboxylic acids is 2. The van der Waals surface area contributed by atoms with Gasteiger partial charge in [0.15, 0.2) is 5.75 Å². The molecule has 0 spiro atoms. The third kappa shape index (κ3) is 6.36. The number of benzene rings is 3. The fourth-order valence-electron chi connectivity index (χ4n) is 4.77. The lowest BCUT2D eigenvalue weighted by atomic mass is 10.1. The predicted molar refractivity (Wildman–Crippen MR) is 155 cm³/mol. The molecule has 212 valence electrons. The molecule has 2 N–H and O–H groups in total. The number of nitrogens with two attached hydrogens (primary N) is 1. The van der Waals surface area contributed by atoms with Crippen molar-refractivity contribution in [2.45, 2.75) is 32.7 Å². The highest BCUT2D eigenvalue weighted by Crippen LogP contribution is 2.40. The number of aromatic nitrogens is 2. The smallest absolute Gasteiger partial charge is 0.248 e. The van der Waals surface area contributed by atoms with Crippen LogP contribution in [0.1, 0.15) is 40.7 Å². The minimum Gasteiger partial charge on any atom is -0.493 e. The van der Waals surface area contributed by atoms with Gasteiger partial charge in [0.1, 0.15) is 11.6 Å². The molecular weight excluding hydrogens is 547 g/mol. The van der Waals surface area contributed by atoms with Crippen molar-refractivity contribution in [1.82, 2.24) is 9.78 Å². The van der Waals surface area contributed by atoms with Gasteiger partial charge in [0.05, 0.1) is 31.6 Å². The van der Waals surface area contributed by atoms with Crippen LogP contribution in [-0.4, -0.2) is 41.4 Å². The van der Waals surface area contributed by atoms with Gasteiger partial charge in [-0.05, 0) is 50.1 Å². The van der Waals surface area contributed by atoms with Crippen molar-refractivity contribution in [3.05, 3.63) is 94.5 Å². The topological polar surface area (TPSA) is 99.7 Å². The van der Waals surface area contributed by atoms with Gasteiger partial charge in [-0.25, -0.2) is 4.39 Å². The first-order valence-electron chi connectivity index (χ1n) is 13.4. The Morgan fingerprint density at radius 3 is 2.80 bits per heavy atom. The second-order valence-electron chi connectivity index (χ2n) is 9.81. The number of carbonyl (C=O) groups is 2. The number of ether oxygens (including phenoxy) is 2. The SMILES string of the molecule is Cc1c(Cl)cccc1OCCCC(=O)N1CCCOc2c(-c3cnn(Cc4ccc(C(N)=O)cc4F)c3)cccc21. The molecule has 5 rings (SSSR count). The molecule has 8 nitrogen and oxygen atoms in total. The molecule has 10 heteroatoms. The van der Waals surface area contributed by atoms with Crippen LogP contribution in [0.3, 0.4) is 0 Å². The average molecular weight is 577 g/mol. The van der Waals surface area contributed by atoms with Crippen LogP contribution < -0.4 is 20.1 Å². The maximum absolute atomic E-state index is 14.5. The quantitative estimate of drug-likeness (QED) is 0.255. The number of amides is 2. The number of rotatable bonds is 9. The average Bonchev–Trinajstić information content (AvgIpc) is 3.31. The Balaban J connectivity index is 1.29. The highest BCUT2D eigenvalue weighted by Gasteiger charge is 2.25. The molecule has 1 aliphatic rings. The van der Waals surface area contributed by atoms with Gasteiger partial charge in [0.25, 0.3) is 0 Å². The number of halogens is 2. The minimum absolute atomic E-state index is 0.00843. The Bertz CT molecular complexity index is 1590. The zero-order valence-corrected chi connectivity index (χ0v) is 23.4. The second kappa shape index (κ2) is 12.4. The Labute approximate surface area is 242 Å². The molecule has 0 fully saturated rings. The molecule has 0 aliphatic carbocycles. The second-order valence-corrected chi connectivity index (χ2v) is 10.2. The first-order valence-corrected chi connectivity index (χ1v) is 13.7. The zero-order valence-electron chi connectivity index (χ0n) is 22.6. The van der Waals surface area contributed by atoms with Crippen LogP contribution in [0, 0.1) is 12.7 Å². The number of fused-ring (bicyclic) bond motifs is 1. The normalized spacial score (nSPS) is 12.8. The largest absolute Gasteiger partial charge is 0.493 e. The van der Waals surface area contributed by atoms with E-state index in [4.69, 9.17) is 26.8 Å². The van der Waals surface area contributed by atoms with E-state index >= 15 is 0 Å². The van der Waals surface area contributed by atoms with Gasteiger partial charge < -0.3 is 20.1 Å². The van der Waals surface area contributed by atoms with E-state index in [1.165, 1.54) is 12.1 Å². The summed E-state index contributed by atoms with van der Waals surface area (Å²) < 4.78 is 28.1. The van der Waals surface area contributed by atoms with E-state index in [1.807, 2.05) is 43.3 Å². The molecule has 0 radical (unpaired) electrons. The van der Waals surface area contributed by atoms with Crippen molar-refractivity contribution in [1.29, 1.82) is 0 Å². The third-order valence-electron chi connectivity index (χ3n) is 6.98. The van der Waals surface area contributed by atoms with E-state index in [9.17, 15) is 14.0 Å². The number of primary amides is 1. The Morgan fingerprint density at radius 2 is 2.00 bits per heavy atom. The summed E-state index contributed by atoms with van der Waals surface area (Å²) in [4.78, 5) is 26.4. The summed E-state index contributed by atoms with van der Waals surface area (Å²) in [6.07, 6.45) is 5.05. The summed E-state index contributed by atoms with van der Waals surface area (Å²) in [6, 6.07) is 15.3.